The molecule has 0 aliphatic heterocycles. The van der Waals surface area contributed by atoms with E-state index in [0.717, 1.165) is 24.5 Å². The van der Waals surface area contributed by atoms with E-state index in [1.165, 1.54) is 10.7 Å². The maximum atomic E-state index is 5.87. The Kier molecular flexibility index (Phi) is 4.90. The fourth-order valence-corrected chi connectivity index (χ4v) is 5.69. The Hall–Kier alpha value is -1.95. The molecule has 5 heteroatoms. The van der Waals surface area contributed by atoms with Gasteiger partial charge >= 0.3 is 8.56 Å². The zero-order chi connectivity index (χ0) is 16.1. The first-order chi connectivity index (χ1) is 11.3. The maximum absolute atomic E-state index is 5.87. The topological polar surface area (TPSA) is 36.3 Å². The number of imidazole rings is 1. The van der Waals surface area contributed by atoms with Gasteiger partial charge in [0.05, 0.1) is 17.4 Å². The first-order valence-electron chi connectivity index (χ1n) is 7.85. The summed E-state index contributed by atoms with van der Waals surface area (Å²) in [5.41, 5.74) is 2.21. The number of hydrogen-bond donors (Lipinski definition) is 0. The molecule has 0 unspecified atom stereocenters. The van der Waals surface area contributed by atoms with Crippen molar-refractivity contribution in [3.63, 3.8) is 0 Å². The molecule has 3 aromatic rings. The number of aromatic nitrogens is 2. The smallest absolute Gasteiger partial charge is 0.372 e. The zero-order valence-electron chi connectivity index (χ0n) is 13.6. The van der Waals surface area contributed by atoms with E-state index in [1.807, 2.05) is 42.7 Å². The van der Waals surface area contributed by atoms with Crippen molar-refractivity contribution < 1.29 is 8.85 Å². The number of para-hydroxylation sites is 2. The number of benzene rings is 2. The van der Waals surface area contributed by atoms with Gasteiger partial charge in [-0.15, -0.1) is 0 Å². The molecule has 1 aromatic heterocycles. The van der Waals surface area contributed by atoms with Crippen LogP contribution in [0.15, 0.2) is 60.9 Å². The van der Waals surface area contributed by atoms with Gasteiger partial charge in [-0.2, -0.15) is 0 Å². The fourth-order valence-electron chi connectivity index (χ4n) is 3.03. The van der Waals surface area contributed by atoms with Gasteiger partial charge in [0, 0.05) is 20.8 Å². The largest absolute Gasteiger partial charge is 0.394 e. The summed E-state index contributed by atoms with van der Waals surface area (Å²) in [6.45, 7) is 0.912. The maximum Gasteiger partial charge on any atom is 0.372 e. The molecule has 0 aliphatic carbocycles. The van der Waals surface area contributed by atoms with E-state index >= 15 is 0 Å². The van der Waals surface area contributed by atoms with E-state index in [1.54, 1.807) is 14.2 Å². The minimum Gasteiger partial charge on any atom is -0.394 e. The van der Waals surface area contributed by atoms with Crippen LogP contribution in [-0.4, -0.2) is 32.3 Å². The Morgan fingerprint density at radius 3 is 2.39 bits per heavy atom. The summed E-state index contributed by atoms with van der Waals surface area (Å²) in [4.78, 5) is 4.44. The number of rotatable bonds is 7. The van der Waals surface area contributed by atoms with Gasteiger partial charge in [-0.25, -0.2) is 4.98 Å². The molecule has 0 saturated carbocycles. The summed E-state index contributed by atoms with van der Waals surface area (Å²) in [7, 11) is 1.16. The van der Waals surface area contributed by atoms with E-state index in [4.69, 9.17) is 8.85 Å². The summed E-state index contributed by atoms with van der Waals surface area (Å²) in [5.74, 6) is 0. The number of aryl methyl sites for hydroxylation is 1. The van der Waals surface area contributed by atoms with Crippen LogP contribution in [0, 0.1) is 0 Å². The second-order valence-electron chi connectivity index (χ2n) is 5.56. The SMILES string of the molecule is CO[Si](CCCn1cnc2ccccc21)(OC)c1ccccc1. The third-order valence-corrected chi connectivity index (χ3v) is 7.85. The monoisotopic (exact) mass is 326 g/mol. The van der Waals surface area contributed by atoms with Gasteiger partial charge in [0.15, 0.2) is 0 Å². The van der Waals surface area contributed by atoms with Crippen molar-refractivity contribution in [2.45, 2.75) is 19.0 Å². The van der Waals surface area contributed by atoms with Crippen molar-refractivity contribution in [1.82, 2.24) is 9.55 Å². The molecule has 0 aliphatic rings. The third kappa shape index (κ3) is 3.22. The lowest BCUT2D eigenvalue weighted by atomic mass is 10.3. The number of hydrogen-bond acceptors (Lipinski definition) is 3. The minimum absolute atomic E-state index is 0.912. The molecule has 0 amide bonds. The molecule has 4 nitrogen and oxygen atoms in total. The van der Waals surface area contributed by atoms with Crippen molar-refractivity contribution in [2.24, 2.45) is 0 Å². The molecule has 0 bridgehead atoms. The Labute approximate surface area is 137 Å². The van der Waals surface area contributed by atoms with Crippen LogP contribution in [0.2, 0.25) is 6.04 Å². The zero-order valence-corrected chi connectivity index (χ0v) is 14.6. The van der Waals surface area contributed by atoms with Gasteiger partial charge in [0.2, 0.25) is 0 Å². The van der Waals surface area contributed by atoms with E-state index < -0.39 is 8.56 Å². The van der Waals surface area contributed by atoms with Crippen LogP contribution >= 0.6 is 0 Å². The van der Waals surface area contributed by atoms with E-state index in [9.17, 15) is 0 Å². The third-order valence-electron chi connectivity index (χ3n) is 4.31. The molecule has 23 heavy (non-hydrogen) atoms. The minimum atomic E-state index is -2.35. The Morgan fingerprint density at radius 2 is 1.65 bits per heavy atom. The highest BCUT2D eigenvalue weighted by Crippen LogP contribution is 2.18. The summed E-state index contributed by atoms with van der Waals surface area (Å²) < 4.78 is 13.9. The molecule has 1 heterocycles. The normalized spacial score (nSPS) is 11.9. The summed E-state index contributed by atoms with van der Waals surface area (Å²) in [6.07, 6.45) is 2.90. The van der Waals surface area contributed by atoms with Crippen LogP contribution in [0.5, 0.6) is 0 Å². The predicted molar refractivity (Wildman–Crippen MR) is 95.0 cm³/mol. The van der Waals surface area contributed by atoms with Gasteiger partial charge < -0.3 is 13.4 Å². The van der Waals surface area contributed by atoms with Crippen LogP contribution in [-0.2, 0) is 15.4 Å². The quantitative estimate of drug-likeness (QED) is 0.626. The molecule has 3 rings (SSSR count). The second-order valence-corrected chi connectivity index (χ2v) is 8.96. The first kappa shape index (κ1) is 15.9. The van der Waals surface area contributed by atoms with Crippen molar-refractivity contribution in [3.05, 3.63) is 60.9 Å². The van der Waals surface area contributed by atoms with Crippen LogP contribution in [0.1, 0.15) is 6.42 Å². The molecule has 0 fully saturated rings. The van der Waals surface area contributed by atoms with Gasteiger partial charge in [0.1, 0.15) is 0 Å². The lowest BCUT2D eigenvalue weighted by Crippen LogP contribution is -2.52. The van der Waals surface area contributed by atoms with E-state index in [0.29, 0.717) is 0 Å². The van der Waals surface area contributed by atoms with Crippen LogP contribution in [0.4, 0.5) is 0 Å². The van der Waals surface area contributed by atoms with Crippen LogP contribution in [0.25, 0.3) is 11.0 Å². The Balaban J connectivity index is 1.73. The molecule has 0 N–H and O–H groups in total. The Bertz CT molecular complexity index is 754. The highest BCUT2D eigenvalue weighted by molar-refractivity contribution is 6.81. The second kappa shape index (κ2) is 7.08. The molecule has 0 saturated heterocycles. The fraction of sp³-hybridized carbons (Fsp3) is 0.278. The van der Waals surface area contributed by atoms with Crippen molar-refractivity contribution in [2.75, 3.05) is 14.2 Å². The first-order valence-corrected chi connectivity index (χ1v) is 9.87. The highest BCUT2D eigenvalue weighted by Gasteiger charge is 2.37. The van der Waals surface area contributed by atoms with Gasteiger partial charge in [0.25, 0.3) is 0 Å². The van der Waals surface area contributed by atoms with Gasteiger partial charge in [-0.05, 0) is 29.8 Å². The van der Waals surface area contributed by atoms with Gasteiger partial charge in [-0.1, -0.05) is 42.5 Å². The summed E-state index contributed by atoms with van der Waals surface area (Å²) in [5, 5.41) is 1.18. The predicted octanol–water partition coefficient (Wildman–Crippen LogP) is 3.07. The molecule has 0 spiro atoms. The average molecular weight is 326 g/mol. The van der Waals surface area contributed by atoms with Crippen molar-refractivity contribution in [3.8, 4) is 0 Å². The van der Waals surface area contributed by atoms with Gasteiger partial charge in [-0.3, -0.25) is 0 Å². The molecule has 0 atom stereocenters. The lowest BCUT2D eigenvalue weighted by Gasteiger charge is -2.27. The number of nitrogens with zero attached hydrogens (tertiary/aromatic N) is 2. The summed E-state index contributed by atoms with van der Waals surface area (Å²) >= 11 is 0. The molecule has 0 radical (unpaired) electrons. The van der Waals surface area contributed by atoms with Crippen LogP contribution < -0.4 is 5.19 Å². The highest BCUT2D eigenvalue weighted by atomic mass is 28.4. The number of fused-ring (bicyclic) bond motifs is 1. The van der Waals surface area contributed by atoms with Crippen molar-refractivity contribution >= 4 is 24.8 Å². The van der Waals surface area contributed by atoms with Crippen LogP contribution in [0.3, 0.4) is 0 Å². The molecular weight excluding hydrogens is 304 g/mol. The standard InChI is InChI=1S/C18H22N2O2Si/c1-21-23(22-2,16-9-4-3-5-10-16)14-8-13-20-15-19-17-11-6-7-12-18(17)20/h3-7,9-12,15H,8,13-14H2,1-2H3. The Morgan fingerprint density at radius 1 is 0.957 bits per heavy atom. The molecule has 2 aromatic carbocycles. The average Bonchev–Trinajstić information content (AvgIpc) is 3.03. The van der Waals surface area contributed by atoms with E-state index in [2.05, 4.69) is 27.8 Å². The van der Waals surface area contributed by atoms with Crippen molar-refractivity contribution in [1.29, 1.82) is 0 Å². The lowest BCUT2D eigenvalue weighted by molar-refractivity contribution is 0.255. The molecular formula is C18H22N2O2Si. The van der Waals surface area contributed by atoms with E-state index in [-0.39, 0.29) is 0 Å². The molecule has 120 valence electrons. The summed E-state index contributed by atoms with van der Waals surface area (Å²) in [6, 6.07) is 19.4.